The van der Waals surface area contributed by atoms with E-state index in [0.717, 1.165) is 18.7 Å². The van der Waals surface area contributed by atoms with Gasteiger partial charge in [0.05, 0.1) is 5.92 Å². The molecule has 3 heteroatoms. The Morgan fingerprint density at radius 3 is 2.57 bits per heavy atom. The van der Waals surface area contributed by atoms with Crippen molar-refractivity contribution < 1.29 is 4.79 Å². The van der Waals surface area contributed by atoms with Crippen LogP contribution < -0.4 is 5.32 Å². The first-order valence-electron chi connectivity index (χ1n) is 4.66. The smallest absolute Gasteiger partial charge is 0.142 e. The number of ketones is 1. The van der Waals surface area contributed by atoms with Gasteiger partial charge in [0.15, 0.2) is 0 Å². The first-order valence-corrected chi connectivity index (χ1v) is 4.66. The number of carbonyl (C=O) groups is 1. The molecule has 76 valence electrons. The van der Waals surface area contributed by atoms with Crippen LogP contribution in [0.15, 0.2) is 30.3 Å². The lowest BCUT2D eigenvalue weighted by Gasteiger charge is -2.21. The van der Waals surface area contributed by atoms with Gasteiger partial charge in [-0.1, -0.05) is 30.3 Å². The molecule has 2 rings (SSSR count). The van der Waals surface area contributed by atoms with Gasteiger partial charge < -0.3 is 5.32 Å². The zero-order chi connectivity index (χ0) is 9.10. The van der Waals surface area contributed by atoms with Gasteiger partial charge in [0.2, 0.25) is 0 Å². The Bertz CT molecular complexity index is 299. The van der Waals surface area contributed by atoms with Gasteiger partial charge in [-0.05, 0) is 5.56 Å². The van der Waals surface area contributed by atoms with E-state index >= 15 is 0 Å². The molecule has 1 heterocycles. The fourth-order valence-corrected chi connectivity index (χ4v) is 1.74. The van der Waals surface area contributed by atoms with Crippen molar-refractivity contribution in [2.24, 2.45) is 0 Å². The molecule has 14 heavy (non-hydrogen) atoms. The summed E-state index contributed by atoms with van der Waals surface area (Å²) in [7, 11) is 0. The van der Waals surface area contributed by atoms with E-state index in [1.165, 1.54) is 0 Å². The number of nitrogens with one attached hydrogen (secondary N) is 1. The minimum absolute atomic E-state index is 0. The van der Waals surface area contributed by atoms with Crippen LogP contribution in [0.2, 0.25) is 0 Å². The lowest BCUT2D eigenvalue weighted by molar-refractivity contribution is -0.121. The highest BCUT2D eigenvalue weighted by Crippen LogP contribution is 2.19. The summed E-state index contributed by atoms with van der Waals surface area (Å²) in [5.41, 5.74) is 1.14. The summed E-state index contributed by atoms with van der Waals surface area (Å²) in [6.45, 7) is 1.63. The third-order valence-corrected chi connectivity index (χ3v) is 2.49. The van der Waals surface area contributed by atoms with Crippen molar-refractivity contribution in [3.63, 3.8) is 0 Å². The molecule has 0 radical (unpaired) electrons. The van der Waals surface area contributed by atoms with Gasteiger partial charge in [0.1, 0.15) is 5.78 Å². The Balaban J connectivity index is 0.000000980. The minimum Gasteiger partial charge on any atom is -0.315 e. The van der Waals surface area contributed by atoms with Crippen LogP contribution in [0.1, 0.15) is 17.9 Å². The SMILES string of the molecule is Cl.O=C1CCNCC1c1ccccc1. The third kappa shape index (κ3) is 2.34. The predicted molar refractivity (Wildman–Crippen MR) is 58.9 cm³/mol. The van der Waals surface area contributed by atoms with Crippen molar-refractivity contribution in [1.29, 1.82) is 0 Å². The summed E-state index contributed by atoms with van der Waals surface area (Å²) in [5, 5.41) is 3.24. The van der Waals surface area contributed by atoms with Crippen molar-refractivity contribution in [1.82, 2.24) is 5.32 Å². The lowest BCUT2D eigenvalue weighted by Crippen LogP contribution is -2.35. The average Bonchev–Trinajstić information content (AvgIpc) is 2.20. The third-order valence-electron chi connectivity index (χ3n) is 2.49. The highest BCUT2D eigenvalue weighted by molar-refractivity contribution is 5.86. The van der Waals surface area contributed by atoms with Crippen molar-refractivity contribution >= 4 is 18.2 Å². The largest absolute Gasteiger partial charge is 0.315 e. The Morgan fingerprint density at radius 2 is 1.93 bits per heavy atom. The normalized spacial score (nSPS) is 21.4. The first-order chi connectivity index (χ1) is 6.38. The van der Waals surface area contributed by atoms with Crippen LogP contribution in [0, 0.1) is 0 Å². The van der Waals surface area contributed by atoms with Gasteiger partial charge in [-0.15, -0.1) is 12.4 Å². The molecule has 0 aromatic heterocycles. The Labute approximate surface area is 90.1 Å². The Kier molecular flexibility index (Phi) is 4.11. The maximum atomic E-state index is 11.6. The lowest BCUT2D eigenvalue weighted by atomic mass is 9.91. The maximum Gasteiger partial charge on any atom is 0.142 e. The molecule has 0 aliphatic carbocycles. The average molecular weight is 212 g/mol. The van der Waals surface area contributed by atoms with Crippen LogP contribution in [0.5, 0.6) is 0 Å². The highest BCUT2D eigenvalue weighted by atomic mass is 35.5. The summed E-state index contributed by atoms with van der Waals surface area (Å²) in [5.74, 6) is 0.444. The van der Waals surface area contributed by atoms with E-state index in [-0.39, 0.29) is 18.3 Å². The fourth-order valence-electron chi connectivity index (χ4n) is 1.74. The molecule has 0 saturated carbocycles. The second kappa shape index (κ2) is 5.13. The van der Waals surface area contributed by atoms with Crippen LogP contribution in [-0.4, -0.2) is 18.9 Å². The molecule has 2 nitrogen and oxygen atoms in total. The van der Waals surface area contributed by atoms with E-state index in [2.05, 4.69) is 5.32 Å². The van der Waals surface area contributed by atoms with E-state index in [9.17, 15) is 4.79 Å². The quantitative estimate of drug-likeness (QED) is 0.767. The van der Waals surface area contributed by atoms with Gasteiger partial charge in [-0.25, -0.2) is 0 Å². The number of halogens is 1. The number of benzene rings is 1. The van der Waals surface area contributed by atoms with Crippen LogP contribution in [0.4, 0.5) is 0 Å². The molecule has 1 N–H and O–H groups in total. The highest BCUT2D eigenvalue weighted by Gasteiger charge is 2.22. The number of piperidine rings is 1. The van der Waals surface area contributed by atoms with Crippen molar-refractivity contribution in [3.05, 3.63) is 35.9 Å². The topological polar surface area (TPSA) is 29.1 Å². The summed E-state index contributed by atoms with van der Waals surface area (Å²) >= 11 is 0. The van der Waals surface area contributed by atoms with E-state index in [1.54, 1.807) is 0 Å². The number of Topliss-reactive ketones (excluding diaryl/α,β-unsaturated/α-hetero) is 1. The number of hydrogen-bond donors (Lipinski definition) is 1. The second-order valence-corrected chi connectivity index (χ2v) is 3.38. The predicted octanol–water partition coefficient (Wildman–Crippen LogP) is 1.75. The summed E-state index contributed by atoms with van der Waals surface area (Å²) in [6, 6.07) is 9.99. The molecule has 0 spiro atoms. The monoisotopic (exact) mass is 211 g/mol. The summed E-state index contributed by atoms with van der Waals surface area (Å²) < 4.78 is 0. The van der Waals surface area contributed by atoms with E-state index in [1.807, 2.05) is 30.3 Å². The first kappa shape index (κ1) is 11.2. The van der Waals surface area contributed by atoms with Gasteiger partial charge >= 0.3 is 0 Å². The molecule has 1 fully saturated rings. The summed E-state index contributed by atoms with van der Waals surface area (Å²) in [4.78, 5) is 11.6. The molecule has 1 saturated heterocycles. The molecule has 1 atom stereocenters. The Hall–Kier alpha value is -0.860. The van der Waals surface area contributed by atoms with Gasteiger partial charge in [0.25, 0.3) is 0 Å². The zero-order valence-electron chi connectivity index (χ0n) is 7.90. The molecule has 0 amide bonds. The van der Waals surface area contributed by atoms with Crippen LogP contribution in [-0.2, 0) is 4.79 Å². The van der Waals surface area contributed by atoms with Crippen LogP contribution >= 0.6 is 12.4 Å². The molecular formula is C11H14ClNO. The van der Waals surface area contributed by atoms with E-state index < -0.39 is 0 Å². The van der Waals surface area contributed by atoms with Crippen LogP contribution in [0.25, 0.3) is 0 Å². The van der Waals surface area contributed by atoms with Gasteiger partial charge in [-0.2, -0.15) is 0 Å². The van der Waals surface area contributed by atoms with Crippen LogP contribution in [0.3, 0.4) is 0 Å². The standard InChI is InChI=1S/C11H13NO.ClH/c13-11-6-7-12-8-10(11)9-4-2-1-3-5-9;/h1-5,10,12H,6-8H2;1H. The van der Waals surface area contributed by atoms with Gasteiger partial charge in [0, 0.05) is 19.5 Å². The summed E-state index contributed by atoms with van der Waals surface area (Å²) in [6.07, 6.45) is 0.666. The number of hydrogen-bond acceptors (Lipinski definition) is 2. The fraction of sp³-hybridized carbons (Fsp3) is 0.364. The Morgan fingerprint density at radius 1 is 1.21 bits per heavy atom. The van der Waals surface area contributed by atoms with Crippen molar-refractivity contribution in [2.45, 2.75) is 12.3 Å². The number of carbonyl (C=O) groups excluding carboxylic acids is 1. The van der Waals surface area contributed by atoms with E-state index in [4.69, 9.17) is 0 Å². The zero-order valence-corrected chi connectivity index (χ0v) is 8.72. The maximum absolute atomic E-state index is 11.6. The van der Waals surface area contributed by atoms with E-state index in [0.29, 0.717) is 12.2 Å². The molecule has 0 bridgehead atoms. The second-order valence-electron chi connectivity index (χ2n) is 3.38. The molecular weight excluding hydrogens is 198 g/mol. The molecule has 1 aromatic carbocycles. The molecule has 1 aliphatic rings. The minimum atomic E-state index is 0. The number of rotatable bonds is 1. The van der Waals surface area contributed by atoms with Gasteiger partial charge in [-0.3, -0.25) is 4.79 Å². The molecule has 1 unspecified atom stereocenters. The van der Waals surface area contributed by atoms with Crippen molar-refractivity contribution in [3.8, 4) is 0 Å². The molecule has 1 aromatic rings. The van der Waals surface area contributed by atoms with Crippen molar-refractivity contribution in [2.75, 3.05) is 13.1 Å². The molecule has 1 aliphatic heterocycles.